The molecule has 0 bridgehead atoms. The summed E-state index contributed by atoms with van der Waals surface area (Å²) in [5, 5.41) is 6.66. The minimum atomic E-state index is 0.298. The molecule has 7 nitrogen and oxygen atoms in total. The molecule has 0 saturated carbocycles. The number of pyridine rings is 1. The van der Waals surface area contributed by atoms with E-state index in [4.69, 9.17) is 9.47 Å². The number of aliphatic imine (C=N–C) groups is 1. The molecule has 0 aliphatic carbocycles. The van der Waals surface area contributed by atoms with E-state index in [0.717, 1.165) is 75.8 Å². The minimum absolute atomic E-state index is 0.298. The van der Waals surface area contributed by atoms with Crippen LogP contribution in [0, 0.1) is 0 Å². The van der Waals surface area contributed by atoms with Gasteiger partial charge in [-0.2, -0.15) is 0 Å². The van der Waals surface area contributed by atoms with Gasteiger partial charge in [-0.1, -0.05) is 6.07 Å². The summed E-state index contributed by atoms with van der Waals surface area (Å²) < 4.78 is 13.3. The minimum Gasteiger partial charge on any atom is -0.379 e. The summed E-state index contributed by atoms with van der Waals surface area (Å²) in [6.45, 7) is 6.77. The van der Waals surface area contributed by atoms with E-state index in [2.05, 4.69) is 33.7 Å². The zero-order chi connectivity index (χ0) is 18.7. The van der Waals surface area contributed by atoms with Crippen LogP contribution in [-0.2, 0) is 15.9 Å². The molecule has 148 valence electrons. The van der Waals surface area contributed by atoms with Crippen molar-refractivity contribution in [3.63, 3.8) is 0 Å². The van der Waals surface area contributed by atoms with E-state index in [1.54, 1.807) is 0 Å². The Kier molecular flexibility index (Phi) is 7.92. The van der Waals surface area contributed by atoms with Gasteiger partial charge in [-0.05, 0) is 38.3 Å². The molecule has 2 N–H and O–H groups in total. The summed E-state index contributed by atoms with van der Waals surface area (Å²) in [5.74, 6) is 0.848. The Morgan fingerprint density at radius 1 is 1.41 bits per heavy atom. The van der Waals surface area contributed by atoms with Gasteiger partial charge in [-0.15, -0.1) is 0 Å². The largest absolute Gasteiger partial charge is 0.379 e. The number of fused-ring (bicyclic) bond motifs is 1. The van der Waals surface area contributed by atoms with Crippen molar-refractivity contribution in [3.8, 4) is 0 Å². The van der Waals surface area contributed by atoms with Crippen LogP contribution >= 0.6 is 0 Å². The van der Waals surface area contributed by atoms with E-state index in [-0.39, 0.29) is 0 Å². The van der Waals surface area contributed by atoms with Gasteiger partial charge in [0.1, 0.15) is 5.65 Å². The molecule has 0 spiro atoms. The van der Waals surface area contributed by atoms with E-state index in [9.17, 15) is 0 Å². The second-order valence-electron chi connectivity index (χ2n) is 6.70. The molecule has 1 atom stereocenters. The van der Waals surface area contributed by atoms with E-state index < -0.39 is 0 Å². The van der Waals surface area contributed by atoms with Gasteiger partial charge < -0.3 is 24.5 Å². The van der Waals surface area contributed by atoms with Gasteiger partial charge in [-0.25, -0.2) is 4.98 Å². The van der Waals surface area contributed by atoms with Crippen LogP contribution in [0.2, 0.25) is 0 Å². The van der Waals surface area contributed by atoms with Crippen LogP contribution < -0.4 is 10.6 Å². The van der Waals surface area contributed by atoms with Crippen LogP contribution in [0.5, 0.6) is 0 Å². The van der Waals surface area contributed by atoms with Crippen molar-refractivity contribution in [2.45, 2.75) is 38.7 Å². The number of nitrogens with zero attached hydrogens (tertiary/aromatic N) is 3. The number of aromatic nitrogens is 2. The van der Waals surface area contributed by atoms with Crippen molar-refractivity contribution < 1.29 is 9.47 Å². The second-order valence-corrected chi connectivity index (χ2v) is 6.70. The Balaban J connectivity index is 1.34. The van der Waals surface area contributed by atoms with Crippen LogP contribution in [-0.4, -0.2) is 60.9 Å². The Morgan fingerprint density at radius 3 is 3.19 bits per heavy atom. The van der Waals surface area contributed by atoms with Crippen molar-refractivity contribution in [2.75, 3.05) is 39.5 Å². The van der Waals surface area contributed by atoms with Crippen LogP contribution in [0.1, 0.15) is 31.9 Å². The first kappa shape index (κ1) is 19.6. The lowest BCUT2D eigenvalue weighted by Crippen LogP contribution is -2.38. The predicted octanol–water partition coefficient (Wildman–Crippen LogP) is 2.02. The Hall–Kier alpha value is -2.12. The first-order chi connectivity index (χ1) is 13.3. The van der Waals surface area contributed by atoms with Crippen LogP contribution in [0.15, 0.2) is 35.6 Å². The number of ether oxygens (including phenoxy) is 2. The highest BCUT2D eigenvalue weighted by Crippen LogP contribution is 2.11. The molecule has 2 aromatic rings. The average Bonchev–Trinajstić information content (AvgIpc) is 3.33. The molecule has 1 aliphatic rings. The highest BCUT2D eigenvalue weighted by atomic mass is 16.5. The fourth-order valence-electron chi connectivity index (χ4n) is 3.11. The fourth-order valence-corrected chi connectivity index (χ4v) is 3.11. The SMILES string of the molecule is CCNC(=NCCCOCC1CCCO1)NCCc1cn2ccccc2n1. The Morgan fingerprint density at radius 2 is 2.37 bits per heavy atom. The third kappa shape index (κ3) is 6.52. The van der Waals surface area contributed by atoms with E-state index in [0.29, 0.717) is 12.7 Å². The van der Waals surface area contributed by atoms with Crippen molar-refractivity contribution in [1.29, 1.82) is 0 Å². The first-order valence-corrected chi connectivity index (χ1v) is 9.99. The third-order valence-electron chi connectivity index (χ3n) is 4.48. The Labute approximate surface area is 161 Å². The molecule has 1 saturated heterocycles. The van der Waals surface area contributed by atoms with Crippen LogP contribution in [0.4, 0.5) is 0 Å². The summed E-state index contributed by atoms with van der Waals surface area (Å²) in [6, 6.07) is 6.03. The van der Waals surface area contributed by atoms with Crippen molar-refractivity contribution in [1.82, 2.24) is 20.0 Å². The van der Waals surface area contributed by atoms with Gasteiger partial charge in [0.15, 0.2) is 5.96 Å². The molecular weight excluding hydrogens is 342 g/mol. The smallest absolute Gasteiger partial charge is 0.191 e. The van der Waals surface area contributed by atoms with E-state index in [1.165, 1.54) is 0 Å². The molecular formula is C20H31N5O2. The number of hydrogen-bond donors (Lipinski definition) is 2. The molecule has 0 radical (unpaired) electrons. The van der Waals surface area contributed by atoms with Crippen molar-refractivity contribution >= 4 is 11.6 Å². The van der Waals surface area contributed by atoms with Crippen LogP contribution in [0.3, 0.4) is 0 Å². The maximum atomic E-state index is 5.68. The molecule has 7 heteroatoms. The van der Waals surface area contributed by atoms with Crippen molar-refractivity contribution in [2.24, 2.45) is 4.99 Å². The van der Waals surface area contributed by atoms with E-state index >= 15 is 0 Å². The summed E-state index contributed by atoms with van der Waals surface area (Å²) in [7, 11) is 0. The molecule has 1 unspecified atom stereocenters. The summed E-state index contributed by atoms with van der Waals surface area (Å²) in [4.78, 5) is 9.23. The first-order valence-electron chi connectivity index (χ1n) is 9.99. The lowest BCUT2D eigenvalue weighted by molar-refractivity contribution is 0.0171. The number of imidazole rings is 1. The molecule has 3 rings (SSSR count). The molecule has 2 aromatic heterocycles. The van der Waals surface area contributed by atoms with Crippen LogP contribution in [0.25, 0.3) is 5.65 Å². The highest BCUT2D eigenvalue weighted by molar-refractivity contribution is 5.79. The fraction of sp³-hybridized carbons (Fsp3) is 0.600. The molecule has 27 heavy (non-hydrogen) atoms. The lowest BCUT2D eigenvalue weighted by Gasteiger charge is -2.11. The lowest BCUT2D eigenvalue weighted by atomic mass is 10.2. The molecule has 1 aliphatic heterocycles. The topological polar surface area (TPSA) is 72.2 Å². The summed E-state index contributed by atoms with van der Waals surface area (Å²) >= 11 is 0. The van der Waals surface area contributed by atoms with Gasteiger partial charge in [0, 0.05) is 51.7 Å². The normalized spacial score (nSPS) is 17.5. The number of rotatable bonds is 10. The monoisotopic (exact) mass is 373 g/mol. The van der Waals surface area contributed by atoms with Gasteiger partial charge in [0.05, 0.1) is 18.4 Å². The number of nitrogens with one attached hydrogen (secondary N) is 2. The number of hydrogen-bond acceptors (Lipinski definition) is 4. The maximum absolute atomic E-state index is 5.68. The Bertz CT molecular complexity index is 676. The standard InChI is InChI=1S/C20H31N5O2/c1-2-21-20(22-10-6-13-26-16-18-7-5-14-27-18)23-11-9-17-15-25-12-4-3-8-19(25)24-17/h3-4,8,12,15,18H,2,5-7,9-11,13-14,16H2,1H3,(H2,21,22,23). The summed E-state index contributed by atoms with van der Waals surface area (Å²) in [6.07, 6.45) is 8.45. The number of guanidine groups is 1. The zero-order valence-corrected chi connectivity index (χ0v) is 16.2. The molecule has 1 fully saturated rings. The predicted molar refractivity (Wildman–Crippen MR) is 107 cm³/mol. The van der Waals surface area contributed by atoms with Gasteiger partial charge in [0.2, 0.25) is 0 Å². The zero-order valence-electron chi connectivity index (χ0n) is 16.2. The van der Waals surface area contributed by atoms with Gasteiger partial charge in [0.25, 0.3) is 0 Å². The van der Waals surface area contributed by atoms with Gasteiger partial charge in [-0.3, -0.25) is 4.99 Å². The van der Waals surface area contributed by atoms with E-state index in [1.807, 2.05) is 28.8 Å². The highest BCUT2D eigenvalue weighted by Gasteiger charge is 2.14. The maximum Gasteiger partial charge on any atom is 0.191 e. The second kappa shape index (κ2) is 10.9. The molecule has 0 amide bonds. The quantitative estimate of drug-likeness (QED) is 0.379. The third-order valence-corrected chi connectivity index (χ3v) is 4.48. The average molecular weight is 374 g/mol. The molecule has 3 heterocycles. The van der Waals surface area contributed by atoms with Gasteiger partial charge >= 0.3 is 0 Å². The molecule has 0 aromatic carbocycles. The van der Waals surface area contributed by atoms with Crippen molar-refractivity contribution in [3.05, 3.63) is 36.3 Å². The summed E-state index contributed by atoms with van der Waals surface area (Å²) in [5.41, 5.74) is 2.06.